The molecule has 3 aromatic rings. The second kappa shape index (κ2) is 8.85. The minimum atomic E-state index is -0.0887. The first-order chi connectivity index (χ1) is 12.8. The molecule has 0 atom stereocenters. The fraction of sp³-hybridized carbons (Fsp3) is 0.238. The topological polar surface area (TPSA) is 56.1 Å². The number of rotatable bonds is 8. The van der Waals surface area contributed by atoms with Crippen molar-refractivity contribution in [2.75, 3.05) is 13.2 Å². The zero-order valence-corrected chi connectivity index (χ0v) is 14.9. The van der Waals surface area contributed by atoms with Gasteiger partial charge in [-0.15, -0.1) is 0 Å². The molecular formula is C21H23N3O2. The second-order valence-corrected chi connectivity index (χ2v) is 5.92. The van der Waals surface area contributed by atoms with Crippen LogP contribution in [0.2, 0.25) is 0 Å². The predicted octanol–water partition coefficient (Wildman–Crippen LogP) is 3.30. The maximum absolute atomic E-state index is 12.2. The molecule has 0 radical (unpaired) electrons. The lowest BCUT2D eigenvalue weighted by molar-refractivity contribution is 0.0954. The molecule has 0 fully saturated rings. The summed E-state index contributed by atoms with van der Waals surface area (Å²) in [6.45, 7) is 3.87. The number of hydrogen-bond donors (Lipinski definition) is 1. The van der Waals surface area contributed by atoms with Gasteiger partial charge in [0.15, 0.2) is 0 Å². The lowest BCUT2D eigenvalue weighted by Gasteiger charge is -2.09. The molecule has 2 aromatic carbocycles. The average Bonchev–Trinajstić information content (AvgIpc) is 3.10. The number of ether oxygens (including phenoxy) is 1. The summed E-state index contributed by atoms with van der Waals surface area (Å²) in [5.41, 5.74) is 1.85. The molecule has 3 rings (SSSR count). The maximum Gasteiger partial charge on any atom is 0.251 e. The van der Waals surface area contributed by atoms with Crippen LogP contribution < -0.4 is 10.1 Å². The SMILES string of the molecule is CCOc1ccc(C(=O)NCCc2nccn2Cc2ccccc2)cc1. The number of carbonyl (C=O) groups is 1. The lowest BCUT2D eigenvalue weighted by Crippen LogP contribution is -2.26. The molecule has 26 heavy (non-hydrogen) atoms. The number of nitrogens with one attached hydrogen (secondary N) is 1. The van der Waals surface area contributed by atoms with E-state index in [2.05, 4.69) is 27.0 Å². The quantitative estimate of drug-likeness (QED) is 0.679. The normalized spacial score (nSPS) is 10.5. The average molecular weight is 349 g/mol. The first kappa shape index (κ1) is 17.7. The van der Waals surface area contributed by atoms with Gasteiger partial charge in [-0.25, -0.2) is 4.98 Å². The Morgan fingerprint density at radius 3 is 2.62 bits per heavy atom. The molecule has 1 heterocycles. The van der Waals surface area contributed by atoms with Crippen LogP contribution in [0.25, 0.3) is 0 Å². The van der Waals surface area contributed by atoms with E-state index in [-0.39, 0.29) is 5.91 Å². The van der Waals surface area contributed by atoms with Crippen LogP contribution in [0.4, 0.5) is 0 Å². The van der Waals surface area contributed by atoms with Crippen LogP contribution in [0.1, 0.15) is 28.7 Å². The molecule has 0 saturated heterocycles. The minimum Gasteiger partial charge on any atom is -0.494 e. The Morgan fingerprint density at radius 2 is 1.88 bits per heavy atom. The van der Waals surface area contributed by atoms with Crippen molar-refractivity contribution in [1.29, 1.82) is 0 Å². The van der Waals surface area contributed by atoms with Crippen molar-refractivity contribution in [3.63, 3.8) is 0 Å². The number of imidazole rings is 1. The van der Waals surface area contributed by atoms with Gasteiger partial charge in [-0.05, 0) is 36.8 Å². The third-order valence-electron chi connectivity index (χ3n) is 4.06. The first-order valence-electron chi connectivity index (χ1n) is 8.81. The van der Waals surface area contributed by atoms with Gasteiger partial charge in [0, 0.05) is 37.5 Å². The zero-order valence-electron chi connectivity index (χ0n) is 14.9. The highest BCUT2D eigenvalue weighted by molar-refractivity contribution is 5.94. The monoisotopic (exact) mass is 349 g/mol. The van der Waals surface area contributed by atoms with Gasteiger partial charge < -0.3 is 14.6 Å². The molecule has 0 bridgehead atoms. The lowest BCUT2D eigenvalue weighted by atomic mass is 10.2. The molecule has 0 spiro atoms. The van der Waals surface area contributed by atoms with Crippen molar-refractivity contribution in [3.8, 4) is 5.75 Å². The number of hydrogen-bond acceptors (Lipinski definition) is 3. The van der Waals surface area contributed by atoms with Crippen LogP contribution in [0, 0.1) is 0 Å². The summed E-state index contributed by atoms with van der Waals surface area (Å²) in [5.74, 6) is 1.64. The van der Waals surface area contributed by atoms with Gasteiger partial charge in [0.25, 0.3) is 5.91 Å². The molecule has 1 N–H and O–H groups in total. The zero-order chi connectivity index (χ0) is 18.2. The van der Waals surface area contributed by atoms with Crippen molar-refractivity contribution < 1.29 is 9.53 Å². The Morgan fingerprint density at radius 1 is 1.12 bits per heavy atom. The number of amides is 1. The van der Waals surface area contributed by atoms with Crippen LogP contribution in [0.3, 0.4) is 0 Å². The summed E-state index contributed by atoms with van der Waals surface area (Å²) in [4.78, 5) is 16.6. The van der Waals surface area contributed by atoms with Gasteiger partial charge in [0.05, 0.1) is 6.61 Å². The molecule has 0 aliphatic carbocycles. The van der Waals surface area contributed by atoms with Gasteiger partial charge in [0.1, 0.15) is 11.6 Å². The predicted molar refractivity (Wildman–Crippen MR) is 101 cm³/mol. The number of nitrogens with zero attached hydrogens (tertiary/aromatic N) is 2. The molecule has 0 aliphatic heterocycles. The van der Waals surface area contributed by atoms with E-state index in [4.69, 9.17) is 4.74 Å². The molecule has 5 nitrogen and oxygen atoms in total. The highest BCUT2D eigenvalue weighted by Crippen LogP contribution is 2.12. The maximum atomic E-state index is 12.2. The molecule has 5 heteroatoms. The van der Waals surface area contributed by atoms with Crippen molar-refractivity contribution >= 4 is 5.91 Å². The Hall–Kier alpha value is -3.08. The Kier molecular flexibility index (Phi) is 6.04. The van der Waals surface area contributed by atoms with Gasteiger partial charge in [0.2, 0.25) is 0 Å². The Labute approximate surface area is 153 Å². The van der Waals surface area contributed by atoms with E-state index in [0.717, 1.165) is 18.1 Å². The number of aromatic nitrogens is 2. The smallest absolute Gasteiger partial charge is 0.251 e. The molecule has 0 aliphatic rings. The molecule has 1 amide bonds. The summed E-state index contributed by atoms with van der Waals surface area (Å²) >= 11 is 0. The molecule has 0 unspecified atom stereocenters. The van der Waals surface area contributed by atoms with E-state index in [0.29, 0.717) is 25.1 Å². The standard InChI is InChI=1S/C21H23N3O2/c1-2-26-19-10-8-18(9-11-19)21(25)23-13-12-20-22-14-15-24(20)16-17-6-4-3-5-7-17/h3-11,14-15H,2,12-13,16H2,1H3,(H,23,25). The van der Waals surface area contributed by atoms with E-state index in [1.54, 1.807) is 18.3 Å². The van der Waals surface area contributed by atoms with Crippen LogP contribution in [-0.2, 0) is 13.0 Å². The second-order valence-electron chi connectivity index (χ2n) is 5.92. The van der Waals surface area contributed by atoms with Gasteiger partial charge in [-0.1, -0.05) is 30.3 Å². The highest BCUT2D eigenvalue weighted by Gasteiger charge is 2.07. The summed E-state index contributed by atoms with van der Waals surface area (Å²) in [5, 5.41) is 2.95. The molecule has 0 saturated carbocycles. The third kappa shape index (κ3) is 4.72. The van der Waals surface area contributed by atoms with Crippen molar-refractivity contribution in [3.05, 3.63) is 83.9 Å². The number of carbonyl (C=O) groups excluding carboxylic acids is 1. The molecule has 1 aromatic heterocycles. The van der Waals surface area contributed by atoms with E-state index >= 15 is 0 Å². The third-order valence-corrected chi connectivity index (χ3v) is 4.06. The van der Waals surface area contributed by atoms with E-state index in [9.17, 15) is 4.79 Å². The van der Waals surface area contributed by atoms with E-state index < -0.39 is 0 Å². The highest BCUT2D eigenvalue weighted by atomic mass is 16.5. The van der Waals surface area contributed by atoms with Gasteiger partial charge in [-0.3, -0.25) is 4.79 Å². The van der Waals surface area contributed by atoms with Crippen molar-refractivity contribution in [2.24, 2.45) is 0 Å². The van der Waals surface area contributed by atoms with Gasteiger partial charge in [-0.2, -0.15) is 0 Å². The fourth-order valence-corrected chi connectivity index (χ4v) is 2.75. The van der Waals surface area contributed by atoms with Crippen LogP contribution in [0.15, 0.2) is 67.0 Å². The summed E-state index contributed by atoms with van der Waals surface area (Å²) in [6.07, 6.45) is 4.45. The summed E-state index contributed by atoms with van der Waals surface area (Å²) < 4.78 is 7.50. The van der Waals surface area contributed by atoms with Gasteiger partial charge >= 0.3 is 0 Å². The Balaban J connectivity index is 1.52. The van der Waals surface area contributed by atoms with Crippen LogP contribution in [0.5, 0.6) is 5.75 Å². The summed E-state index contributed by atoms with van der Waals surface area (Å²) in [7, 11) is 0. The fourth-order valence-electron chi connectivity index (χ4n) is 2.75. The first-order valence-corrected chi connectivity index (χ1v) is 8.81. The van der Waals surface area contributed by atoms with E-state index in [1.807, 2.05) is 43.5 Å². The number of benzene rings is 2. The minimum absolute atomic E-state index is 0.0887. The molecule has 134 valence electrons. The largest absolute Gasteiger partial charge is 0.494 e. The summed E-state index contributed by atoms with van der Waals surface area (Å²) in [6, 6.07) is 17.4. The van der Waals surface area contributed by atoms with Crippen LogP contribution in [-0.4, -0.2) is 28.6 Å². The van der Waals surface area contributed by atoms with Crippen LogP contribution >= 0.6 is 0 Å². The van der Waals surface area contributed by atoms with Crippen molar-refractivity contribution in [2.45, 2.75) is 19.9 Å². The van der Waals surface area contributed by atoms with E-state index in [1.165, 1.54) is 5.56 Å². The van der Waals surface area contributed by atoms with Crippen molar-refractivity contribution in [1.82, 2.24) is 14.9 Å². The molecular weight excluding hydrogens is 326 g/mol. The Bertz CT molecular complexity index is 826.